The van der Waals surface area contributed by atoms with Gasteiger partial charge in [-0.2, -0.15) is 0 Å². The molecule has 126 valence electrons. The maximum absolute atomic E-state index is 12.2. The van der Waals surface area contributed by atoms with E-state index in [2.05, 4.69) is 5.32 Å². The predicted octanol–water partition coefficient (Wildman–Crippen LogP) is 5.41. The first-order valence-corrected chi connectivity index (χ1v) is 7.81. The molecule has 0 saturated carbocycles. The normalized spacial score (nSPS) is 10.5. The van der Waals surface area contributed by atoms with Crippen LogP contribution in [0.3, 0.4) is 0 Å². The quantitative estimate of drug-likeness (QED) is 0.486. The topological polar surface area (TPSA) is 85.4 Å². The average Bonchev–Trinajstić information content (AvgIpc) is 3.08. The molecule has 3 rings (SSSR count). The number of carbonyl (C=O) groups is 1. The second kappa shape index (κ2) is 6.96. The number of halogens is 2. The molecule has 0 aliphatic rings. The van der Waals surface area contributed by atoms with E-state index in [1.807, 2.05) is 0 Å². The number of non-ortho nitro benzene ring substituents is 1. The van der Waals surface area contributed by atoms with Crippen molar-refractivity contribution >= 4 is 40.5 Å². The van der Waals surface area contributed by atoms with Crippen LogP contribution in [0, 0.1) is 10.1 Å². The van der Waals surface area contributed by atoms with E-state index >= 15 is 0 Å². The minimum atomic E-state index is -0.512. The number of nitrogens with zero attached hydrogens (tertiary/aromatic N) is 1. The van der Waals surface area contributed by atoms with Crippen molar-refractivity contribution < 1.29 is 14.1 Å². The number of amides is 1. The van der Waals surface area contributed by atoms with Crippen molar-refractivity contribution in [1.82, 2.24) is 0 Å². The van der Waals surface area contributed by atoms with Crippen LogP contribution in [0.1, 0.15) is 10.6 Å². The molecule has 0 fully saturated rings. The number of hydrogen-bond donors (Lipinski definition) is 1. The molecule has 0 aliphatic heterocycles. The largest absolute Gasteiger partial charge is 0.451 e. The summed E-state index contributed by atoms with van der Waals surface area (Å²) in [7, 11) is 0. The van der Waals surface area contributed by atoms with Gasteiger partial charge >= 0.3 is 0 Å². The number of furan rings is 1. The van der Waals surface area contributed by atoms with E-state index in [1.165, 1.54) is 30.3 Å². The molecule has 0 saturated heterocycles. The molecular formula is C17H10Cl2N2O4. The highest BCUT2D eigenvalue weighted by atomic mass is 35.5. The summed E-state index contributed by atoms with van der Waals surface area (Å²) in [5, 5.41) is 14.0. The minimum absolute atomic E-state index is 0.0575. The fraction of sp³-hybridized carbons (Fsp3) is 0. The summed E-state index contributed by atoms with van der Waals surface area (Å²) in [4.78, 5) is 22.3. The molecule has 1 N–H and O–H groups in total. The zero-order valence-electron chi connectivity index (χ0n) is 12.5. The third kappa shape index (κ3) is 3.81. The van der Waals surface area contributed by atoms with Gasteiger partial charge in [-0.1, -0.05) is 23.2 Å². The van der Waals surface area contributed by atoms with Crippen LogP contribution in [0.25, 0.3) is 11.3 Å². The summed E-state index contributed by atoms with van der Waals surface area (Å²) >= 11 is 11.9. The Kier molecular flexibility index (Phi) is 4.74. The third-order valence-electron chi connectivity index (χ3n) is 3.37. The monoisotopic (exact) mass is 376 g/mol. The van der Waals surface area contributed by atoms with Crippen LogP contribution in [0.2, 0.25) is 10.0 Å². The van der Waals surface area contributed by atoms with E-state index in [0.717, 1.165) is 0 Å². The molecule has 0 bridgehead atoms. The van der Waals surface area contributed by atoms with Gasteiger partial charge in [0, 0.05) is 23.4 Å². The molecule has 2 aromatic carbocycles. The van der Waals surface area contributed by atoms with Gasteiger partial charge in [0.2, 0.25) is 0 Å². The molecule has 3 aromatic rings. The Bertz CT molecular complexity index is 952. The van der Waals surface area contributed by atoms with Crippen molar-refractivity contribution in [2.24, 2.45) is 0 Å². The van der Waals surface area contributed by atoms with Crippen LogP contribution in [-0.4, -0.2) is 10.8 Å². The number of nitro groups is 1. The maximum Gasteiger partial charge on any atom is 0.291 e. The molecular weight excluding hydrogens is 367 g/mol. The fourth-order valence-corrected chi connectivity index (χ4v) is 2.42. The number of hydrogen-bond acceptors (Lipinski definition) is 4. The number of rotatable bonds is 4. The summed E-state index contributed by atoms with van der Waals surface area (Å²) in [5.41, 5.74) is 1.05. The molecule has 6 nitrogen and oxygen atoms in total. The lowest BCUT2D eigenvalue weighted by Crippen LogP contribution is -2.10. The second-order valence-corrected chi connectivity index (χ2v) is 5.87. The standard InChI is InChI=1S/C17H10Cl2N2O4/c18-13-6-1-10(9-14(13)19)15-7-8-16(25-15)17(22)20-11-2-4-12(5-3-11)21(23)24/h1-9H,(H,20,22). The first-order chi connectivity index (χ1) is 11.9. The van der Waals surface area contributed by atoms with Crippen molar-refractivity contribution in [2.75, 3.05) is 5.32 Å². The van der Waals surface area contributed by atoms with Gasteiger partial charge < -0.3 is 9.73 Å². The Hall–Kier alpha value is -2.83. The average molecular weight is 377 g/mol. The number of anilines is 1. The lowest BCUT2D eigenvalue weighted by molar-refractivity contribution is -0.384. The smallest absolute Gasteiger partial charge is 0.291 e. The van der Waals surface area contributed by atoms with Gasteiger partial charge in [-0.05, 0) is 42.5 Å². The Morgan fingerprint density at radius 1 is 1.00 bits per heavy atom. The van der Waals surface area contributed by atoms with E-state index in [-0.39, 0.29) is 11.4 Å². The Morgan fingerprint density at radius 2 is 1.72 bits per heavy atom. The van der Waals surface area contributed by atoms with Crippen molar-refractivity contribution in [3.63, 3.8) is 0 Å². The van der Waals surface area contributed by atoms with Gasteiger partial charge in [0.15, 0.2) is 5.76 Å². The molecule has 0 unspecified atom stereocenters. The first-order valence-electron chi connectivity index (χ1n) is 7.05. The van der Waals surface area contributed by atoms with Crippen LogP contribution in [0.4, 0.5) is 11.4 Å². The Labute approximate surface area is 152 Å². The van der Waals surface area contributed by atoms with E-state index in [0.29, 0.717) is 27.1 Å². The maximum atomic E-state index is 12.2. The summed E-state index contributed by atoms with van der Waals surface area (Å²) < 4.78 is 5.54. The highest BCUT2D eigenvalue weighted by Gasteiger charge is 2.14. The highest BCUT2D eigenvalue weighted by Crippen LogP contribution is 2.29. The van der Waals surface area contributed by atoms with Crippen molar-refractivity contribution in [3.05, 3.63) is 80.5 Å². The molecule has 0 spiro atoms. The van der Waals surface area contributed by atoms with E-state index in [1.54, 1.807) is 24.3 Å². The van der Waals surface area contributed by atoms with Crippen LogP contribution in [0.15, 0.2) is 59.0 Å². The van der Waals surface area contributed by atoms with Gasteiger partial charge in [-0.3, -0.25) is 14.9 Å². The first kappa shape index (κ1) is 17.0. The van der Waals surface area contributed by atoms with Gasteiger partial charge in [-0.25, -0.2) is 0 Å². The molecule has 1 heterocycles. The number of carbonyl (C=O) groups excluding carboxylic acids is 1. The van der Waals surface area contributed by atoms with Crippen LogP contribution < -0.4 is 5.32 Å². The minimum Gasteiger partial charge on any atom is -0.451 e. The molecule has 1 amide bonds. The lowest BCUT2D eigenvalue weighted by atomic mass is 10.2. The third-order valence-corrected chi connectivity index (χ3v) is 4.11. The van der Waals surface area contributed by atoms with Crippen molar-refractivity contribution in [2.45, 2.75) is 0 Å². The highest BCUT2D eigenvalue weighted by molar-refractivity contribution is 6.42. The van der Waals surface area contributed by atoms with Gasteiger partial charge in [0.25, 0.3) is 11.6 Å². The molecule has 25 heavy (non-hydrogen) atoms. The summed E-state index contributed by atoms with van der Waals surface area (Å²) in [6.07, 6.45) is 0. The number of nitrogens with one attached hydrogen (secondary N) is 1. The number of nitro benzene ring substituents is 1. The van der Waals surface area contributed by atoms with E-state index < -0.39 is 10.8 Å². The Morgan fingerprint density at radius 3 is 2.36 bits per heavy atom. The SMILES string of the molecule is O=C(Nc1ccc([N+](=O)[O-])cc1)c1ccc(-c2ccc(Cl)c(Cl)c2)o1. The number of benzene rings is 2. The molecule has 0 aliphatic carbocycles. The van der Waals surface area contributed by atoms with Gasteiger partial charge in [0.05, 0.1) is 15.0 Å². The molecule has 0 atom stereocenters. The van der Waals surface area contributed by atoms with Crippen LogP contribution >= 0.6 is 23.2 Å². The van der Waals surface area contributed by atoms with Crippen molar-refractivity contribution in [3.8, 4) is 11.3 Å². The van der Waals surface area contributed by atoms with E-state index in [4.69, 9.17) is 27.6 Å². The molecule has 0 radical (unpaired) electrons. The molecule has 1 aromatic heterocycles. The van der Waals surface area contributed by atoms with Gasteiger partial charge in [0.1, 0.15) is 5.76 Å². The van der Waals surface area contributed by atoms with Crippen molar-refractivity contribution in [1.29, 1.82) is 0 Å². The zero-order valence-corrected chi connectivity index (χ0v) is 14.0. The summed E-state index contributed by atoms with van der Waals surface area (Å²) in [5.74, 6) is 0.0898. The Balaban J connectivity index is 1.76. The predicted molar refractivity (Wildman–Crippen MR) is 95.2 cm³/mol. The van der Waals surface area contributed by atoms with Crippen LogP contribution in [0.5, 0.6) is 0 Å². The van der Waals surface area contributed by atoms with Gasteiger partial charge in [-0.15, -0.1) is 0 Å². The molecule has 8 heteroatoms. The second-order valence-electron chi connectivity index (χ2n) is 5.05. The van der Waals surface area contributed by atoms with E-state index in [9.17, 15) is 14.9 Å². The van der Waals surface area contributed by atoms with Crippen LogP contribution in [-0.2, 0) is 0 Å². The zero-order chi connectivity index (χ0) is 18.0. The lowest BCUT2D eigenvalue weighted by Gasteiger charge is -2.03. The summed E-state index contributed by atoms with van der Waals surface area (Å²) in [6.45, 7) is 0. The summed E-state index contributed by atoms with van der Waals surface area (Å²) in [6, 6.07) is 13.7. The fourth-order valence-electron chi connectivity index (χ4n) is 2.12.